The Morgan fingerprint density at radius 3 is 2.50 bits per heavy atom. The quantitative estimate of drug-likeness (QED) is 0.728. The Labute approximate surface area is 163 Å². The number of nitrogens with zero attached hydrogens (tertiary/aromatic N) is 2. The van der Waals surface area contributed by atoms with Crippen molar-refractivity contribution in [2.24, 2.45) is 0 Å². The van der Waals surface area contributed by atoms with Gasteiger partial charge in [0, 0.05) is 12.2 Å². The molecule has 0 heterocycles. The molecule has 2 aromatic carbocycles. The number of halogens is 1. The number of carbonyl (C=O) groups is 1. The summed E-state index contributed by atoms with van der Waals surface area (Å²) in [5.41, 5.74) is 1.28. The first-order chi connectivity index (χ1) is 13.3. The zero-order chi connectivity index (χ0) is 20.7. The SMILES string of the molecule is CCN(CC(=O)Nc1ccc(CC#N)cc1)S(=O)(=O)c1cc(F)ccc1OC. The number of amides is 1. The number of ether oxygens (including phenoxy) is 1. The first-order valence-corrected chi connectivity index (χ1v) is 9.85. The van der Waals surface area contributed by atoms with Crippen LogP contribution in [0.2, 0.25) is 0 Å². The topological polar surface area (TPSA) is 99.5 Å². The van der Waals surface area contributed by atoms with Crippen LogP contribution in [-0.4, -0.2) is 38.8 Å². The minimum absolute atomic E-state index is 0.00617. The van der Waals surface area contributed by atoms with Gasteiger partial charge in [0.2, 0.25) is 15.9 Å². The molecular weight excluding hydrogens is 385 g/mol. The Kier molecular flexibility index (Phi) is 7.09. The number of hydrogen-bond donors (Lipinski definition) is 1. The fourth-order valence-corrected chi connectivity index (χ4v) is 4.09. The third kappa shape index (κ3) is 5.06. The molecule has 148 valence electrons. The molecule has 1 N–H and O–H groups in total. The standard InChI is InChI=1S/C19H20FN3O4S/c1-3-23(28(25,26)18-12-15(20)6-9-17(18)27-2)13-19(24)22-16-7-4-14(5-8-16)10-11-21/h4-9,12H,3,10,13H2,1-2H3,(H,22,24). The van der Waals surface area contributed by atoms with E-state index in [0.717, 1.165) is 22.0 Å². The Bertz CT molecular complexity index is 985. The molecule has 0 unspecified atom stereocenters. The number of nitrogens with one attached hydrogen (secondary N) is 1. The molecule has 9 heteroatoms. The summed E-state index contributed by atoms with van der Waals surface area (Å²) in [6.07, 6.45) is 0.256. The van der Waals surface area contributed by atoms with E-state index in [1.165, 1.54) is 13.2 Å². The summed E-state index contributed by atoms with van der Waals surface area (Å²) < 4.78 is 45.3. The van der Waals surface area contributed by atoms with Crippen LogP contribution in [0.3, 0.4) is 0 Å². The monoisotopic (exact) mass is 405 g/mol. The molecule has 0 saturated heterocycles. The molecule has 2 rings (SSSR count). The van der Waals surface area contributed by atoms with Crippen LogP contribution in [0.4, 0.5) is 10.1 Å². The first-order valence-electron chi connectivity index (χ1n) is 8.41. The molecule has 0 radical (unpaired) electrons. The highest BCUT2D eigenvalue weighted by molar-refractivity contribution is 7.89. The predicted octanol–water partition coefficient (Wildman–Crippen LogP) is 2.55. The number of rotatable bonds is 8. The number of hydrogen-bond acceptors (Lipinski definition) is 5. The lowest BCUT2D eigenvalue weighted by Crippen LogP contribution is -2.38. The summed E-state index contributed by atoms with van der Waals surface area (Å²) in [5, 5.41) is 11.3. The van der Waals surface area contributed by atoms with E-state index in [4.69, 9.17) is 10.00 Å². The highest BCUT2D eigenvalue weighted by Gasteiger charge is 2.29. The predicted molar refractivity (Wildman–Crippen MR) is 102 cm³/mol. The van der Waals surface area contributed by atoms with Gasteiger partial charge in [-0.05, 0) is 35.9 Å². The number of nitriles is 1. The van der Waals surface area contributed by atoms with Gasteiger partial charge in [0.1, 0.15) is 16.5 Å². The molecular formula is C19H20FN3O4S. The maximum atomic E-state index is 13.6. The van der Waals surface area contributed by atoms with E-state index in [1.54, 1.807) is 31.2 Å². The van der Waals surface area contributed by atoms with Crippen molar-refractivity contribution in [3.63, 3.8) is 0 Å². The Morgan fingerprint density at radius 2 is 1.93 bits per heavy atom. The fourth-order valence-electron chi connectivity index (χ4n) is 2.52. The van der Waals surface area contributed by atoms with Crippen molar-refractivity contribution in [2.45, 2.75) is 18.2 Å². The zero-order valence-electron chi connectivity index (χ0n) is 15.5. The average Bonchev–Trinajstić information content (AvgIpc) is 2.67. The van der Waals surface area contributed by atoms with E-state index < -0.39 is 28.3 Å². The molecule has 0 bridgehead atoms. The second kappa shape index (κ2) is 9.30. The van der Waals surface area contributed by atoms with E-state index >= 15 is 0 Å². The van der Waals surface area contributed by atoms with Gasteiger partial charge in [-0.15, -0.1) is 0 Å². The number of carbonyl (C=O) groups excluding carboxylic acids is 1. The smallest absolute Gasteiger partial charge is 0.247 e. The zero-order valence-corrected chi connectivity index (χ0v) is 16.3. The van der Waals surface area contributed by atoms with Crippen molar-refractivity contribution in [2.75, 3.05) is 25.5 Å². The van der Waals surface area contributed by atoms with Gasteiger partial charge in [-0.3, -0.25) is 4.79 Å². The van der Waals surface area contributed by atoms with Gasteiger partial charge in [0.15, 0.2) is 0 Å². The fraction of sp³-hybridized carbons (Fsp3) is 0.263. The van der Waals surface area contributed by atoms with Crippen LogP contribution in [-0.2, 0) is 21.2 Å². The third-order valence-electron chi connectivity index (χ3n) is 3.94. The van der Waals surface area contributed by atoms with Crippen LogP contribution in [0, 0.1) is 17.1 Å². The summed E-state index contributed by atoms with van der Waals surface area (Å²) in [6, 6.07) is 11.9. The molecule has 0 aliphatic rings. The molecule has 7 nitrogen and oxygen atoms in total. The van der Waals surface area contributed by atoms with Gasteiger partial charge in [-0.25, -0.2) is 12.8 Å². The second-order valence-electron chi connectivity index (χ2n) is 5.81. The lowest BCUT2D eigenvalue weighted by atomic mass is 10.1. The minimum Gasteiger partial charge on any atom is -0.495 e. The van der Waals surface area contributed by atoms with Gasteiger partial charge < -0.3 is 10.1 Å². The minimum atomic E-state index is -4.15. The molecule has 0 spiro atoms. The summed E-state index contributed by atoms with van der Waals surface area (Å²) in [7, 11) is -2.86. The van der Waals surface area contributed by atoms with E-state index in [2.05, 4.69) is 5.32 Å². The summed E-state index contributed by atoms with van der Waals surface area (Å²) in [5.74, 6) is -1.28. The van der Waals surface area contributed by atoms with Crippen LogP contribution in [0.15, 0.2) is 47.4 Å². The first kappa shape index (κ1) is 21.3. The van der Waals surface area contributed by atoms with Crippen molar-refractivity contribution in [1.29, 1.82) is 5.26 Å². The maximum Gasteiger partial charge on any atom is 0.247 e. The van der Waals surface area contributed by atoms with Crippen molar-refractivity contribution in [3.8, 4) is 11.8 Å². The summed E-state index contributed by atoms with van der Waals surface area (Å²) in [4.78, 5) is 12.0. The summed E-state index contributed by atoms with van der Waals surface area (Å²) in [6.45, 7) is 1.14. The largest absolute Gasteiger partial charge is 0.495 e. The number of methoxy groups -OCH3 is 1. The van der Waals surface area contributed by atoms with Crippen molar-refractivity contribution in [1.82, 2.24) is 4.31 Å². The van der Waals surface area contributed by atoms with Crippen LogP contribution >= 0.6 is 0 Å². The number of likely N-dealkylation sites (N-methyl/N-ethyl adjacent to an activating group) is 1. The second-order valence-corrected chi connectivity index (χ2v) is 7.71. The average molecular weight is 405 g/mol. The van der Waals surface area contributed by atoms with Crippen molar-refractivity contribution in [3.05, 3.63) is 53.8 Å². The molecule has 0 aliphatic carbocycles. The van der Waals surface area contributed by atoms with Crippen molar-refractivity contribution >= 4 is 21.6 Å². The van der Waals surface area contributed by atoms with Gasteiger partial charge in [-0.1, -0.05) is 19.1 Å². The lowest BCUT2D eigenvalue weighted by Gasteiger charge is -2.21. The van der Waals surface area contributed by atoms with Crippen molar-refractivity contribution < 1.29 is 22.3 Å². The molecule has 1 amide bonds. The molecule has 0 saturated carbocycles. The van der Waals surface area contributed by atoms with E-state index in [-0.39, 0.29) is 23.6 Å². The number of benzene rings is 2. The highest BCUT2D eigenvalue weighted by Crippen LogP contribution is 2.27. The van der Waals surface area contributed by atoms with E-state index in [9.17, 15) is 17.6 Å². The molecule has 28 heavy (non-hydrogen) atoms. The summed E-state index contributed by atoms with van der Waals surface area (Å²) >= 11 is 0. The van der Waals surface area contributed by atoms with Crippen LogP contribution in [0.25, 0.3) is 0 Å². The van der Waals surface area contributed by atoms with Crippen LogP contribution in [0.5, 0.6) is 5.75 Å². The van der Waals surface area contributed by atoms with E-state index in [0.29, 0.717) is 5.69 Å². The lowest BCUT2D eigenvalue weighted by molar-refractivity contribution is -0.116. The third-order valence-corrected chi connectivity index (χ3v) is 5.88. The molecule has 0 aliphatic heterocycles. The molecule has 2 aromatic rings. The Balaban J connectivity index is 2.17. The van der Waals surface area contributed by atoms with Gasteiger partial charge in [0.25, 0.3) is 0 Å². The number of anilines is 1. The maximum absolute atomic E-state index is 13.6. The highest BCUT2D eigenvalue weighted by atomic mass is 32.2. The van der Waals surface area contributed by atoms with Gasteiger partial charge in [0.05, 0.1) is 26.1 Å². The van der Waals surface area contributed by atoms with Crippen LogP contribution < -0.4 is 10.1 Å². The van der Waals surface area contributed by atoms with E-state index in [1.807, 2.05) is 6.07 Å². The van der Waals surface area contributed by atoms with Crippen LogP contribution in [0.1, 0.15) is 12.5 Å². The molecule has 0 fully saturated rings. The Hall–Kier alpha value is -2.96. The Morgan fingerprint density at radius 1 is 1.25 bits per heavy atom. The number of sulfonamides is 1. The van der Waals surface area contributed by atoms with Gasteiger partial charge >= 0.3 is 0 Å². The molecule has 0 aromatic heterocycles. The normalized spacial score (nSPS) is 11.1. The van der Waals surface area contributed by atoms with Gasteiger partial charge in [-0.2, -0.15) is 9.57 Å². The molecule has 0 atom stereocenters.